The summed E-state index contributed by atoms with van der Waals surface area (Å²) >= 11 is 12.1. The van der Waals surface area contributed by atoms with E-state index in [9.17, 15) is 14.4 Å². The summed E-state index contributed by atoms with van der Waals surface area (Å²) in [6.45, 7) is 3.12. The Balaban J connectivity index is 1.52. The zero-order chi connectivity index (χ0) is 28.6. The largest absolute Gasteiger partial charge is 0.466 e. The maximum absolute atomic E-state index is 14.0. The number of pyridine rings is 1. The third-order valence-corrected chi connectivity index (χ3v) is 8.60. The molecule has 2 N–H and O–H groups in total. The Bertz CT molecular complexity index is 1180. The number of carbonyl (C=O) groups excluding carboxylic acids is 3. The van der Waals surface area contributed by atoms with E-state index in [2.05, 4.69) is 22.0 Å². The van der Waals surface area contributed by atoms with E-state index in [1.807, 2.05) is 18.2 Å². The van der Waals surface area contributed by atoms with Gasteiger partial charge in [-0.3, -0.25) is 24.3 Å². The predicted octanol–water partition coefficient (Wildman–Crippen LogP) is 4.24. The number of rotatable bonds is 12. The number of hydrogen-bond acceptors (Lipinski definition) is 7. The van der Waals surface area contributed by atoms with Crippen molar-refractivity contribution in [3.05, 3.63) is 63.9 Å². The zero-order valence-electron chi connectivity index (χ0n) is 22.9. The van der Waals surface area contributed by atoms with E-state index in [-0.39, 0.29) is 61.7 Å². The van der Waals surface area contributed by atoms with Crippen LogP contribution in [0.1, 0.15) is 56.7 Å². The lowest BCUT2D eigenvalue weighted by molar-refractivity contribution is -0.146. The third kappa shape index (κ3) is 7.81. The Hall–Kier alpha value is -2.52. The summed E-state index contributed by atoms with van der Waals surface area (Å²) in [5.74, 6) is -0.564. The molecule has 0 bridgehead atoms. The topological polar surface area (TPSA) is 106 Å². The van der Waals surface area contributed by atoms with E-state index in [0.29, 0.717) is 41.7 Å². The van der Waals surface area contributed by atoms with E-state index in [0.717, 1.165) is 19.3 Å². The number of Topliss-reactive ketones (excluding diaryl/α,β-unsaturated/α-hetero) is 1. The van der Waals surface area contributed by atoms with E-state index >= 15 is 0 Å². The number of carbonyl (C=O) groups is 3. The van der Waals surface area contributed by atoms with Gasteiger partial charge in [0.25, 0.3) is 0 Å². The number of benzene rings is 1. The summed E-state index contributed by atoms with van der Waals surface area (Å²) in [6, 6.07) is 11.0. The van der Waals surface area contributed by atoms with Crippen LogP contribution in [-0.4, -0.2) is 76.3 Å². The molecule has 0 spiro atoms. The van der Waals surface area contributed by atoms with Crippen molar-refractivity contribution in [1.82, 2.24) is 14.8 Å². The van der Waals surface area contributed by atoms with Crippen LogP contribution in [0.5, 0.6) is 0 Å². The van der Waals surface area contributed by atoms with Crippen molar-refractivity contribution in [1.29, 1.82) is 0 Å². The fourth-order valence-corrected chi connectivity index (χ4v) is 6.16. The second kappa shape index (κ2) is 14.4. The summed E-state index contributed by atoms with van der Waals surface area (Å²) in [5.41, 5.74) is 8.26. The Morgan fingerprint density at radius 1 is 1.15 bits per heavy atom. The molecule has 1 amide bonds. The lowest BCUT2D eigenvalue weighted by atomic mass is 9.98. The SMILES string of the molecule is CCOC(=O)CC[C@H](C(=O)CCc1cc(Cl)c(Cl)cn1)N1CCC(CCc2ccccc2)N2C[C@H](N)C[C@H]2C1=O. The number of ketones is 1. The van der Waals surface area contributed by atoms with Crippen molar-refractivity contribution >= 4 is 40.9 Å². The van der Waals surface area contributed by atoms with Crippen molar-refractivity contribution in [3.63, 3.8) is 0 Å². The Kier molecular flexibility index (Phi) is 11.0. The molecule has 1 unspecified atom stereocenters. The van der Waals surface area contributed by atoms with Crippen molar-refractivity contribution < 1.29 is 19.1 Å². The quantitative estimate of drug-likeness (QED) is 0.370. The molecule has 1 aromatic heterocycles. The van der Waals surface area contributed by atoms with Gasteiger partial charge in [-0.15, -0.1) is 0 Å². The van der Waals surface area contributed by atoms with E-state index in [1.54, 1.807) is 17.9 Å². The van der Waals surface area contributed by atoms with Gasteiger partial charge >= 0.3 is 5.97 Å². The van der Waals surface area contributed by atoms with Crippen LogP contribution in [-0.2, 0) is 32.0 Å². The average Bonchev–Trinajstić information content (AvgIpc) is 3.29. The maximum atomic E-state index is 14.0. The Labute approximate surface area is 246 Å². The lowest BCUT2D eigenvalue weighted by Gasteiger charge is -2.32. The van der Waals surface area contributed by atoms with Crippen LogP contribution in [0.2, 0.25) is 10.0 Å². The number of ether oxygens (including phenoxy) is 1. The van der Waals surface area contributed by atoms with Gasteiger partial charge in [0.15, 0.2) is 5.78 Å². The van der Waals surface area contributed by atoms with Crippen LogP contribution in [0.25, 0.3) is 0 Å². The number of aryl methyl sites for hydroxylation is 2. The van der Waals surface area contributed by atoms with Gasteiger partial charge in [0.2, 0.25) is 5.91 Å². The van der Waals surface area contributed by atoms with Gasteiger partial charge in [0, 0.05) is 49.9 Å². The first-order valence-corrected chi connectivity index (χ1v) is 14.9. The number of hydrogen-bond donors (Lipinski definition) is 1. The maximum Gasteiger partial charge on any atom is 0.305 e. The van der Waals surface area contributed by atoms with Crippen molar-refractivity contribution in [2.45, 2.75) is 82.5 Å². The van der Waals surface area contributed by atoms with Crippen molar-refractivity contribution in [2.24, 2.45) is 5.73 Å². The smallest absolute Gasteiger partial charge is 0.305 e. The summed E-state index contributed by atoms with van der Waals surface area (Å²) in [4.78, 5) is 48.1. The molecule has 2 fully saturated rings. The molecule has 0 radical (unpaired) electrons. The summed E-state index contributed by atoms with van der Waals surface area (Å²) < 4.78 is 5.12. The molecule has 3 heterocycles. The summed E-state index contributed by atoms with van der Waals surface area (Å²) in [6.07, 6.45) is 5.35. The molecular weight excluding hydrogens is 551 g/mol. The molecule has 10 heteroatoms. The van der Waals surface area contributed by atoms with E-state index < -0.39 is 6.04 Å². The monoisotopic (exact) mass is 588 g/mol. The van der Waals surface area contributed by atoms with Gasteiger partial charge in [-0.2, -0.15) is 0 Å². The zero-order valence-corrected chi connectivity index (χ0v) is 24.4. The normalized spacial score (nSPS) is 22.1. The van der Waals surface area contributed by atoms with Crippen LogP contribution < -0.4 is 5.73 Å². The first-order valence-electron chi connectivity index (χ1n) is 14.1. The Morgan fingerprint density at radius 3 is 2.65 bits per heavy atom. The van der Waals surface area contributed by atoms with Gasteiger partial charge in [-0.25, -0.2) is 0 Å². The highest BCUT2D eigenvalue weighted by Gasteiger charge is 2.45. The minimum atomic E-state index is -0.730. The highest BCUT2D eigenvalue weighted by atomic mass is 35.5. The standard InChI is InChI=1S/C30H38Cl2N4O4/c1-2-40-29(38)13-11-26(28(37)12-9-22-17-24(31)25(32)18-34-22)35-15-14-23(10-8-20-6-4-3-5-7-20)36-19-21(33)16-27(36)30(35)39/h3-7,17-18,21,23,26-27H,2,8-16,19,33H2,1H3/t21-,23?,26-,27+/m1/s1. The number of halogens is 2. The fraction of sp³-hybridized carbons (Fsp3) is 0.533. The number of fused-ring (bicyclic) bond motifs is 1. The molecule has 216 valence electrons. The minimum Gasteiger partial charge on any atom is -0.466 e. The average molecular weight is 590 g/mol. The van der Waals surface area contributed by atoms with Gasteiger partial charge in [0.05, 0.1) is 28.7 Å². The number of nitrogens with zero attached hydrogens (tertiary/aromatic N) is 3. The molecule has 1 aromatic carbocycles. The molecule has 0 aliphatic carbocycles. The lowest BCUT2D eigenvalue weighted by Crippen LogP contribution is -2.50. The predicted molar refractivity (Wildman–Crippen MR) is 155 cm³/mol. The van der Waals surface area contributed by atoms with Crippen molar-refractivity contribution in [2.75, 3.05) is 19.7 Å². The minimum absolute atomic E-state index is 0.0599. The molecule has 2 aromatic rings. The van der Waals surface area contributed by atoms with E-state index in [4.69, 9.17) is 33.7 Å². The molecule has 8 nitrogen and oxygen atoms in total. The second-order valence-corrected chi connectivity index (χ2v) is 11.4. The molecule has 2 saturated heterocycles. The van der Waals surface area contributed by atoms with E-state index in [1.165, 1.54) is 11.8 Å². The number of aromatic nitrogens is 1. The van der Waals surface area contributed by atoms with Gasteiger partial charge in [0.1, 0.15) is 0 Å². The summed E-state index contributed by atoms with van der Waals surface area (Å²) in [7, 11) is 0. The molecule has 2 aliphatic heterocycles. The van der Waals surface area contributed by atoms with Crippen LogP contribution in [0.3, 0.4) is 0 Å². The van der Waals surface area contributed by atoms with Gasteiger partial charge in [-0.05, 0) is 57.1 Å². The van der Waals surface area contributed by atoms with Crippen LogP contribution >= 0.6 is 23.2 Å². The molecule has 40 heavy (non-hydrogen) atoms. The van der Waals surface area contributed by atoms with Gasteiger partial charge in [-0.1, -0.05) is 53.5 Å². The highest BCUT2D eigenvalue weighted by Crippen LogP contribution is 2.31. The molecule has 4 atom stereocenters. The highest BCUT2D eigenvalue weighted by molar-refractivity contribution is 6.41. The first kappa shape index (κ1) is 30.4. The number of nitrogens with two attached hydrogens (primary N) is 1. The van der Waals surface area contributed by atoms with Gasteiger partial charge < -0.3 is 15.4 Å². The summed E-state index contributed by atoms with van der Waals surface area (Å²) in [5, 5.41) is 0.722. The van der Waals surface area contributed by atoms with Crippen LogP contribution in [0.4, 0.5) is 0 Å². The van der Waals surface area contributed by atoms with Crippen molar-refractivity contribution in [3.8, 4) is 0 Å². The molecule has 4 rings (SSSR count). The van der Waals surface area contributed by atoms with Crippen LogP contribution in [0.15, 0.2) is 42.6 Å². The fourth-order valence-electron chi connectivity index (χ4n) is 5.88. The van der Waals surface area contributed by atoms with Crippen LogP contribution in [0, 0.1) is 0 Å². The number of amides is 1. The second-order valence-electron chi connectivity index (χ2n) is 10.6. The molecular formula is C30H38Cl2N4O4. The third-order valence-electron chi connectivity index (χ3n) is 7.89. The molecule has 2 aliphatic rings. The first-order chi connectivity index (χ1) is 19.3. The Morgan fingerprint density at radius 2 is 1.93 bits per heavy atom. The molecule has 0 saturated carbocycles. The number of esters is 1.